The van der Waals surface area contributed by atoms with Gasteiger partial charge >= 0.3 is 6.09 Å². The van der Waals surface area contributed by atoms with E-state index in [1.807, 2.05) is 17.9 Å². The van der Waals surface area contributed by atoms with Crippen molar-refractivity contribution in [2.24, 2.45) is 11.5 Å². The van der Waals surface area contributed by atoms with Crippen molar-refractivity contribution in [3.05, 3.63) is 52.6 Å². The quantitative estimate of drug-likeness (QED) is 0.405. The van der Waals surface area contributed by atoms with Crippen LogP contribution in [0, 0.1) is 22.7 Å². The smallest absolute Gasteiger partial charge is 0.405 e. The van der Waals surface area contributed by atoms with E-state index in [2.05, 4.69) is 17.5 Å². The Morgan fingerprint density at radius 1 is 1.16 bits per heavy atom. The molecule has 2 unspecified atom stereocenters. The molecule has 2 atom stereocenters. The molecule has 0 spiro atoms. The number of nitriles is 2. The van der Waals surface area contributed by atoms with Gasteiger partial charge in [0, 0.05) is 19.1 Å². The van der Waals surface area contributed by atoms with Gasteiger partial charge in [-0.3, -0.25) is 9.59 Å². The Kier molecular flexibility index (Phi) is 9.52. The van der Waals surface area contributed by atoms with Crippen LogP contribution >= 0.6 is 11.8 Å². The maximum absolute atomic E-state index is 12.4. The monoisotopic (exact) mass is 535 g/mol. The number of hydrogen-bond donors (Lipinski definition) is 3. The number of carbonyl (C=O) groups excluding carboxylic acids is 3. The summed E-state index contributed by atoms with van der Waals surface area (Å²) in [7, 11) is 0. The fraction of sp³-hybridized carbons (Fsp3) is 0.385. The summed E-state index contributed by atoms with van der Waals surface area (Å²) in [6.45, 7) is 4.26. The third-order valence-electron chi connectivity index (χ3n) is 6.22. The predicted octanol–water partition coefficient (Wildman–Crippen LogP) is 2.27. The Labute approximate surface area is 225 Å². The SMILES string of the molecule is CCc1c(C#N)c(SC(C(N)=O)c2ccccc2)nc(N2CCC(NC(=O)C(C)OC(N)=O)CC2)c1C#N. The molecular formula is C26H29N7O4S. The maximum Gasteiger partial charge on any atom is 0.405 e. The van der Waals surface area contributed by atoms with Crippen molar-refractivity contribution in [1.29, 1.82) is 10.5 Å². The van der Waals surface area contributed by atoms with E-state index in [9.17, 15) is 24.9 Å². The van der Waals surface area contributed by atoms with Gasteiger partial charge in [-0.25, -0.2) is 9.78 Å². The summed E-state index contributed by atoms with van der Waals surface area (Å²) >= 11 is 1.09. The zero-order chi connectivity index (χ0) is 27.8. The lowest BCUT2D eigenvalue weighted by molar-refractivity contribution is -0.129. The molecule has 11 nitrogen and oxygen atoms in total. The second-order valence-electron chi connectivity index (χ2n) is 8.71. The molecule has 198 valence electrons. The second kappa shape index (κ2) is 12.8. The first-order valence-electron chi connectivity index (χ1n) is 12.1. The van der Waals surface area contributed by atoms with Crippen molar-refractivity contribution in [2.75, 3.05) is 18.0 Å². The van der Waals surface area contributed by atoms with Crippen molar-refractivity contribution < 1.29 is 19.1 Å². The van der Waals surface area contributed by atoms with Gasteiger partial charge in [0.1, 0.15) is 28.2 Å². The topological polar surface area (TPSA) is 188 Å². The molecule has 1 aliphatic rings. The Morgan fingerprint density at radius 2 is 1.79 bits per heavy atom. The van der Waals surface area contributed by atoms with Gasteiger partial charge in [-0.15, -0.1) is 0 Å². The van der Waals surface area contributed by atoms with Crippen molar-refractivity contribution in [3.8, 4) is 12.1 Å². The average Bonchev–Trinajstić information content (AvgIpc) is 2.91. The molecule has 1 aromatic heterocycles. The van der Waals surface area contributed by atoms with Crippen molar-refractivity contribution in [3.63, 3.8) is 0 Å². The minimum Gasteiger partial charge on any atom is -0.437 e. The van der Waals surface area contributed by atoms with Crippen LogP contribution in [0.4, 0.5) is 10.6 Å². The molecule has 0 saturated carbocycles. The van der Waals surface area contributed by atoms with E-state index in [4.69, 9.17) is 21.2 Å². The highest BCUT2D eigenvalue weighted by molar-refractivity contribution is 8.00. The lowest BCUT2D eigenvalue weighted by atomic mass is 10.00. The van der Waals surface area contributed by atoms with Gasteiger partial charge in [0.15, 0.2) is 6.10 Å². The van der Waals surface area contributed by atoms with Gasteiger partial charge in [0.25, 0.3) is 5.91 Å². The molecule has 3 amide bonds. The summed E-state index contributed by atoms with van der Waals surface area (Å²) in [5, 5.41) is 22.4. The number of primary amides is 2. The Morgan fingerprint density at radius 3 is 2.32 bits per heavy atom. The van der Waals surface area contributed by atoms with Crippen LogP contribution in [0.2, 0.25) is 0 Å². The first-order valence-corrected chi connectivity index (χ1v) is 13.0. The van der Waals surface area contributed by atoms with E-state index >= 15 is 0 Å². The number of pyridine rings is 1. The largest absolute Gasteiger partial charge is 0.437 e. The third kappa shape index (κ3) is 6.52. The number of aromatic nitrogens is 1. The first kappa shape index (κ1) is 28.3. The second-order valence-corrected chi connectivity index (χ2v) is 9.80. The van der Waals surface area contributed by atoms with Crippen LogP contribution in [0.5, 0.6) is 0 Å². The number of amides is 3. The Bertz CT molecular complexity index is 1280. The van der Waals surface area contributed by atoms with Gasteiger partial charge in [-0.05, 0) is 37.3 Å². The van der Waals surface area contributed by atoms with E-state index in [1.165, 1.54) is 6.92 Å². The molecule has 5 N–H and O–H groups in total. The number of hydrogen-bond acceptors (Lipinski definition) is 9. The molecule has 2 heterocycles. The molecule has 1 fully saturated rings. The summed E-state index contributed by atoms with van der Waals surface area (Å²) in [5.74, 6) is -0.582. The summed E-state index contributed by atoms with van der Waals surface area (Å²) in [5.41, 5.74) is 12.5. The number of piperidine rings is 1. The number of nitrogens with one attached hydrogen (secondary N) is 1. The highest BCUT2D eigenvalue weighted by Crippen LogP contribution is 2.39. The standard InChI is InChI=1S/C26H29N7O4S/c1-3-18-19(13-27)23(33-11-9-17(10-12-33)31-24(35)15(2)37-26(30)36)32-25(20(18)14-28)38-21(22(29)34)16-7-5-4-6-8-16/h4-8,15,17,21H,3,9-12H2,1-2H3,(H2,29,34)(H2,30,36)(H,31,35). The molecule has 0 aliphatic carbocycles. The van der Waals surface area contributed by atoms with Gasteiger partial charge in [0.05, 0.1) is 11.1 Å². The molecule has 3 rings (SSSR count). The van der Waals surface area contributed by atoms with E-state index in [1.54, 1.807) is 24.3 Å². The third-order valence-corrected chi connectivity index (χ3v) is 7.48. The highest BCUT2D eigenvalue weighted by Gasteiger charge is 2.30. The number of nitrogens with two attached hydrogens (primary N) is 2. The molecule has 1 aliphatic heterocycles. The highest BCUT2D eigenvalue weighted by atomic mass is 32.2. The first-order chi connectivity index (χ1) is 18.2. The van der Waals surface area contributed by atoms with E-state index in [0.717, 1.165) is 11.8 Å². The van der Waals surface area contributed by atoms with Gasteiger partial charge in [-0.2, -0.15) is 10.5 Å². The van der Waals surface area contributed by atoms with Crippen LogP contribution in [-0.2, 0) is 20.7 Å². The van der Waals surface area contributed by atoms with Crippen LogP contribution < -0.4 is 21.7 Å². The zero-order valence-electron chi connectivity index (χ0n) is 21.1. The van der Waals surface area contributed by atoms with Crippen LogP contribution in [0.25, 0.3) is 0 Å². The lowest BCUT2D eigenvalue weighted by Crippen LogP contribution is -2.48. The lowest BCUT2D eigenvalue weighted by Gasteiger charge is -2.34. The molecule has 38 heavy (non-hydrogen) atoms. The molecule has 0 radical (unpaired) electrons. The predicted molar refractivity (Wildman–Crippen MR) is 141 cm³/mol. The fourth-order valence-electron chi connectivity index (χ4n) is 4.31. The molecular weight excluding hydrogens is 506 g/mol. The molecule has 0 bridgehead atoms. The van der Waals surface area contributed by atoms with Gasteiger partial charge in [-0.1, -0.05) is 49.0 Å². The van der Waals surface area contributed by atoms with Crippen molar-refractivity contribution in [2.45, 2.75) is 55.5 Å². The Balaban J connectivity index is 1.89. The van der Waals surface area contributed by atoms with Crippen molar-refractivity contribution >= 4 is 35.5 Å². The number of carbonyl (C=O) groups is 3. The Hall–Kier alpha value is -4.29. The number of rotatable bonds is 9. The zero-order valence-corrected chi connectivity index (χ0v) is 22.0. The van der Waals surface area contributed by atoms with Crippen LogP contribution in [0.15, 0.2) is 35.4 Å². The molecule has 2 aromatic rings. The summed E-state index contributed by atoms with van der Waals surface area (Å²) in [6.07, 6.45) is -0.500. The number of benzene rings is 1. The van der Waals surface area contributed by atoms with E-state index in [0.29, 0.717) is 59.9 Å². The summed E-state index contributed by atoms with van der Waals surface area (Å²) < 4.78 is 4.72. The number of anilines is 1. The van der Waals surface area contributed by atoms with E-state index in [-0.39, 0.29) is 11.6 Å². The average molecular weight is 536 g/mol. The van der Waals surface area contributed by atoms with Gasteiger partial charge < -0.3 is 26.4 Å². The van der Waals surface area contributed by atoms with Crippen LogP contribution in [0.3, 0.4) is 0 Å². The summed E-state index contributed by atoms with van der Waals surface area (Å²) in [4.78, 5) is 42.2. The maximum atomic E-state index is 12.4. The van der Waals surface area contributed by atoms with E-state index < -0.39 is 29.3 Å². The van der Waals surface area contributed by atoms with Gasteiger partial charge in [0.2, 0.25) is 5.91 Å². The minimum atomic E-state index is -1.02. The van der Waals surface area contributed by atoms with Crippen molar-refractivity contribution in [1.82, 2.24) is 10.3 Å². The fourth-order valence-corrected chi connectivity index (χ4v) is 5.37. The molecule has 12 heteroatoms. The summed E-state index contributed by atoms with van der Waals surface area (Å²) in [6, 6.07) is 13.2. The molecule has 1 aromatic carbocycles. The number of nitrogens with zero attached hydrogens (tertiary/aromatic N) is 4. The normalized spacial score (nSPS) is 15.0. The number of ether oxygens (including phenoxy) is 1. The van der Waals surface area contributed by atoms with Crippen LogP contribution in [-0.4, -0.2) is 48.1 Å². The number of thioether (sulfide) groups is 1. The minimum absolute atomic E-state index is 0.168. The van der Waals surface area contributed by atoms with Crippen LogP contribution in [0.1, 0.15) is 54.2 Å². The molecule has 1 saturated heterocycles.